The molecule has 0 N–H and O–H groups in total. The smallest absolute Gasteiger partial charge is 0.311 e. The molecule has 0 bridgehead atoms. The zero-order valence-corrected chi connectivity index (χ0v) is 11.6. The van der Waals surface area contributed by atoms with Crippen LogP contribution in [0, 0.1) is 5.92 Å². The van der Waals surface area contributed by atoms with Crippen molar-refractivity contribution in [2.45, 2.75) is 45.4 Å². The van der Waals surface area contributed by atoms with Gasteiger partial charge in [-0.15, -0.1) is 0 Å². The molecule has 2 nitrogen and oxygen atoms in total. The molecule has 0 amide bonds. The van der Waals surface area contributed by atoms with E-state index in [9.17, 15) is 4.79 Å². The molecule has 2 rings (SSSR count). The molecular formula is C17H22O2. The Morgan fingerprint density at radius 2 is 2.00 bits per heavy atom. The van der Waals surface area contributed by atoms with E-state index in [0.29, 0.717) is 6.42 Å². The van der Waals surface area contributed by atoms with E-state index in [1.165, 1.54) is 25.7 Å². The van der Waals surface area contributed by atoms with E-state index in [0.717, 1.165) is 17.7 Å². The van der Waals surface area contributed by atoms with E-state index in [1.807, 2.05) is 36.4 Å². The number of ether oxygens (including phenoxy) is 1. The molecule has 0 aliphatic carbocycles. The second-order valence-electron chi connectivity index (χ2n) is 5.18. The lowest BCUT2D eigenvalue weighted by molar-refractivity contribution is -0.135. The summed E-state index contributed by atoms with van der Waals surface area (Å²) in [7, 11) is 0. The molecular weight excluding hydrogens is 236 g/mol. The molecule has 19 heavy (non-hydrogen) atoms. The lowest BCUT2D eigenvalue weighted by Crippen LogP contribution is -1.98. The van der Waals surface area contributed by atoms with Gasteiger partial charge in [0.05, 0.1) is 6.42 Å². The molecule has 0 spiro atoms. The summed E-state index contributed by atoms with van der Waals surface area (Å²) in [6, 6.07) is 10.1. The summed E-state index contributed by atoms with van der Waals surface area (Å²) in [5.74, 6) is 1.06. The van der Waals surface area contributed by atoms with Gasteiger partial charge in [-0.25, -0.2) is 0 Å². The molecule has 0 radical (unpaired) electrons. The number of allylic oxidation sites excluding steroid dienone is 1. The van der Waals surface area contributed by atoms with Crippen LogP contribution in [0.4, 0.5) is 0 Å². The Morgan fingerprint density at radius 3 is 2.74 bits per heavy atom. The zero-order chi connectivity index (χ0) is 13.5. The quantitative estimate of drug-likeness (QED) is 0.552. The molecule has 0 aromatic heterocycles. The molecule has 0 saturated carbocycles. The average Bonchev–Trinajstić information content (AvgIpc) is 2.76. The molecule has 1 aromatic rings. The van der Waals surface area contributed by atoms with Crippen molar-refractivity contribution in [3.63, 3.8) is 0 Å². The van der Waals surface area contributed by atoms with Gasteiger partial charge in [-0.3, -0.25) is 4.79 Å². The maximum atomic E-state index is 11.5. The summed E-state index contributed by atoms with van der Waals surface area (Å²) in [4.78, 5) is 11.5. The highest BCUT2D eigenvalue weighted by atomic mass is 16.5. The van der Waals surface area contributed by atoms with E-state index in [-0.39, 0.29) is 11.9 Å². The van der Waals surface area contributed by atoms with Crippen molar-refractivity contribution >= 4 is 12.0 Å². The van der Waals surface area contributed by atoms with Gasteiger partial charge in [0.25, 0.3) is 0 Å². The highest BCUT2D eigenvalue weighted by Gasteiger charge is 2.29. The van der Waals surface area contributed by atoms with Crippen molar-refractivity contribution in [2.75, 3.05) is 0 Å². The van der Waals surface area contributed by atoms with E-state index in [1.54, 1.807) is 0 Å². The molecule has 1 aliphatic rings. The van der Waals surface area contributed by atoms with Crippen LogP contribution in [0.15, 0.2) is 36.1 Å². The number of benzene rings is 1. The standard InChI is InChI=1S/C17H22O2/c1-2-3-4-8-11-15-13-17(18)19-16(15)12-14-9-6-5-7-10-14/h5-7,9-10,12,15H,2-4,8,11,13H2,1H3/b16-12-. The van der Waals surface area contributed by atoms with Gasteiger partial charge < -0.3 is 4.74 Å². The number of carbonyl (C=O) groups excluding carboxylic acids is 1. The van der Waals surface area contributed by atoms with Gasteiger partial charge in [-0.2, -0.15) is 0 Å². The molecule has 2 heteroatoms. The number of cyclic esters (lactones) is 1. The third kappa shape index (κ3) is 4.23. The number of esters is 1. The molecule has 102 valence electrons. The minimum absolute atomic E-state index is 0.0809. The van der Waals surface area contributed by atoms with E-state index in [2.05, 4.69) is 6.92 Å². The highest BCUT2D eigenvalue weighted by Crippen LogP contribution is 2.32. The first-order valence-electron chi connectivity index (χ1n) is 7.27. The summed E-state index contributed by atoms with van der Waals surface area (Å²) in [5.41, 5.74) is 1.10. The summed E-state index contributed by atoms with van der Waals surface area (Å²) >= 11 is 0. The SMILES string of the molecule is CCCCCCC1CC(=O)O/C1=C\c1ccccc1. The minimum atomic E-state index is -0.0809. The van der Waals surface area contributed by atoms with E-state index < -0.39 is 0 Å². The first-order valence-corrected chi connectivity index (χ1v) is 7.27. The van der Waals surface area contributed by atoms with Gasteiger partial charge in [0.15, 0.2) is 0 Å². The fourth-order valence-corrected chi connectivity index (χ4v) is 2.48. The zero-order valence-electron chi connectivity index (χ0n) is 11.6. The maximum Gasteiger partial charge on any atom is 0.311 e. The van der Waals surface area contributed by atoms with Crippen molar-refractivity contribution in [3.8, 4) is 0 Å². The Kier molecular flexibility index (Phi) is 5.20. The monoisotopic (exact) mass is 258 g/mol. The maximum absolute atomic E-state index is 11.5. The fourth-order valence-electron chi connectivity index (χ4n) is 2.48. The van der Waals surface area contributed by atoms with Crippen molar-refractivity contribution in [1.29, 1.82) is 0 Å². The van der Waals surface area contributed by atoms with E-state index >= 15 is 0 Å². The molecule has 1 aromatic carbocycles. The summed E-state index contributed by atoms with van der Waals surface area (Å²) < 4.78 is 5.36. The van der Waals surface area contributed by atoms with Gasteiger partial charge in [0.2, 0.25) is 0 Å². The van der Waals surface area contributed by atoms with Gasteiger partial charge in [0, 0.05) is 5.92 Å². The second kappa shape index (κ2) is 7.13. The number of hydrogen-bond acceptors (Lipinski definition) is 2. The largest absolute Gasteiger partial charge is 0.431 e. The first-order chi connectivity index (χ1) is 9.29. The lowest BCUT2D eigenvalue weighted by Gasteiger charge is -2.08. The van der Waals surface area contributed by atoms with Crippen LogP contribution in [-0.4, -0.2) is 5.97 Å². The Balaban J connectivity index is 1.97. The van der Waals surface area contributed by atoms with E-state index in [4.69, 9.17) is 4.74 Å². The van der Waals surface area contributed by atoms with Crippen LogP contribution in [0.25, 0.3) is 6.08 Å². The van der Waals surface area contributed by atoms with Crippen LogP contribution in [0.2, 0.25) is 0 Å². The third-order valence-corrected chi connectivity index (χ3v) is 3.56. The van der Waals surface area contributed by atoms with Crippen molar-refractivity contribution in [2.24, 2.45) is 5.92 Å². The van der Waals surface area contributed by atoms with Gasteiger partial charge in [-0.1, -0.05) is 62.9 Å². The normalized spacial score (nSPS) is 20.8. The number of hydrogen-bond donors (Lipinski definition) is 0. The van der Waals surface area contributed by atoms with Crippen LogP contribution in [0.3, 0.4) is 0 Å². The molecule has 1 aliphatic heterocycles. The fraction of sp³-hybridized carbons (Fsp3) is 0.471. The first kappa shape index (κ1) is 13.9. The van der Waals surface area contributed by atoms with Gasteiger partial charge >= 0.3 is 5.97 Å². The number of carbonyl (C=O) groups is 1. The molecule has 1 fully saturated rings. The molecule has 1 saturated heterocycles. The van der Waals surface area contributed by atoms with Crippen molar-refractivity contribution in [1.82, 2.24) is 0 Å². The average molecular weight is 258 g/mol. The second-order valence-corrected chi connectivity index (χ2v) is 5.18. The molecule has 1 atom stereocenters. The van der Waals surface area contributed by atoms with Crippen LogP contribution < -0.4 is 0 Å². The van der Waals surface area contributed by atoms with Crippen LogP contribution in [0.5, 0.6) is 0 Å². The van der Waals surface area contributed by atoms with Crippen LogP contribution in [-0.2, 0) is 9.53 Å². The predicted molar refractivity (Wildman–Crippen MR) is 77.4 cm³/mol. The van der Waals surface area contributed by atoms with Crippen LogP contribution >= 0.6 is 0 Å². The summed E-state index contributed by atoms with van der Waals surface area (Å²) in [5, 5.41) is 0. The third-order valence-electron chi connectivity index (χ3n) is 3.56. The number of rotatable bonds is 6. The Bertz CT molecular complexity index is 434. The van der Waals surface area contributed by atoms with Crippen LogP contribution in [0.1, 0.15) is 51.0 Å². The van der Waals surface area contributed by atoms with Gasteiger partial charge in [-0.05, 0) is 18.1 Å². The number of unbranched alkanes of at least 4 members (excludes halogenated alkanes) is 3. The lowest BCUT2D eigenvalue weighted by atomic mass is 9.96. The van der Waals surface area contributed by atoms with Crippen molar-refractivity contribution in [3.05, 3.63) is 41.7 Å². The Morgan fingerprint density at radius 1 is 1.21 bits per heavy atom. The Hall–Kier alpha value is -1.57. The molecule has 1 unspecified atom stereocenters. The summed E-state index contributed by atoms with van der Waals surface area (Å²) in [6.45, 7) is 2.21. The minimum Gasteiger partial charge on any atom is -0.431 e. The topological polar surface area (TPSA) is 26.3 Å². The highest BCUT2D eigenvalue weighted by molar-refractivity contribution is 5.76. The Labute approximate surface area is 115 Å². The van der Waals surface area contributed by atoms with Crippen molar-refractivity contribution < 1.29 is 9.53 Å². The van der Waals surface area contributed by atoms with Gasteiger partial charge in [0.1, 0.15) is 5.76 Å². The predicted octanol–water partition coefficient (Wildman–Crippen LogP) is 4.56. The molecule has 1 heterocycles. The summed E-state index contributed by atoms with van der Waals surface area (Å²) in [6.07, 6.45) is 8.57.